The van der Waals surface area contributed by atoms with Gasteiger partial charge < -0.3 is 14.5 Å². The van der Waals surface area contributed by atoms with E-state index in [0.29, 0.717) is 24.6 Å². The van der Waals surface area contributed by atoms with Gasteiger partial charge in [-0.05, 0) is 37.8 Å². The summed E-state index contributed by atoms with van der Waals surface area (Å²) in [6, 6.07) is 3.77. The summed E-state index contributed by atoms with van der Waals surface area (Å²) in [6.45, 7) is 4.99. The Balaban J connectivity index is 1.62. The molecule has 3 rings (SSSR count). The van der Waals surface area contributed by atoms with Crippen molar-refractivity contribution in [1.29, 1.82) is 0 Å². The molecule has 3 heterocycles. The van der Waals surface area contributed by atoms with Gasteiger partial charge in [-0.15, -0.1) is 11.3 Å². The zero-order valence-electron chi connectivity index (χ0n) is 15.6. The van der Waals surface area contributed by atoms with Crippen molar-refractivity contribution >= 4 is 23.1 Å². The standard InChI is InChI=1S/C19H26N4O2S/c1-14-21-17(13-26-14)11-22(2)18-7-6-16(9-20-18)19(24)23-8-4-5-15(10-23)12-25-3/h6-7,9,13,15H,4-5,8,10-12H2,1-3H3/t15-/m0/s1. The lowest BCUT2D eigenvalue weighted by Crippen LogP contribution is -2.41. The molecular formula is C19H26N4O2S. The first kappa shape index (κ1) is 18.8. The second kappa shape index (κ2) is 8.60. The minimum atomic E-state index is 0.0580. The number of nitrogens with zero attached hydrogens (tertiary/aromatic N) is 4. The van der Waals surface area contributed by atoms with Crippen LogP contribution in [0.25, 0.3) is 0 Å². The van der Waals surface area contributed by atoms with Crippen LogP contribution in [0, 0.1) is 12.8 Å². The van der Waals surface area contributed by atoms with E-state index >= 15 is 0 Å². The molecule has 1 atom stereocenters. The maximum atomic E-state index is 12.7. The zero-order chi connectivity index (χ0) is 18.5. The molecule has 0 aliphatic carbocycles. The highest BCUT2D eigenvalue weighted by Gasteiger charge is 2.24. The number of piperidine rings is 1. The lowest BCUT2D eigenvalue weighted by Gasteiger charge is -2.32. The summed E-state index contributed by atoms with van der Waals surface area (Å²) >= 11 is 1.65. The molecule has 0 unspecified atom stereocenters. The number of aromatic nitrogens is 2. The lowest BCUT2D eigenvalue weighted by atomic mass is 9.98. The van der Waals surface area contributed by atoms with Gasteiger partial charge in [0.05, 0.1) is 29.4 Å². The van der Waals surface area contributed by atoms with Crippen LogP contribution in [-0.4, -0.2) is 54.6 Å². The molecule has 0 spiro atoms. The van der Waals surface area contributed by atoms with Crippen molar-refractivity contribution in [2.45, 2.75) is 26.3 Å². The maximum absolute atomic E-state index is 12.7. The first-order valence-electron chi connectivity index (χ1n) is 8.93. The minimum absolute atomic E-state index is 0.0580. The molecule has 0 radical (unpaired) electrons. The SMILES string of the molecule is COC[C@H]1CCCN(C(=O)c2ccc(N(C)Cc3csc(C)n3)nc2)C1. The fourth-order valence-corrected chi connectivity index (χ4v) is 3.95. The summed E-state index contributed by atoms with van der Waals surface area (Å²) in [5.41, 5.74) is 1.68. The van der Waals surface area contributed by atoms with Crippen molar-refractivity contribution in [3.8, 4) is 0 Å². The van der Waals surface area contributed by atoms with Gasteiger partial charge in [0.1, 0.15) is 5.82 Å². The van der Waals surface area contributed by atoms with Gasteiger partial charge >= 0.3 is 0 Å². The Morgan fingerprint density at radius 2 is 2.31 bits per heavy atom. The number of methoxy groups -OCH3 is 1. The molecule has 1 fully saturated rings. The molecule has 2 aromatic heterocycles. The van der Waals surface area contributed by atoms with Crippen molar-refractivity contribution < 1.29 is 9.53 Å². The largest absolute Gasteiger partial charge is 0.384 e. The minimum Gasteiger partial charge on any atom is -0.384 e. The van der Waals surface area contributed by atoms with Crippen LogP contribution in [0.5, 0.6) is 0 Å². The highest BCUT2D eigenvalue weighted by atomic mass is 32.1. The molecule has 7 heteroatoms. The number of aryl methyl sites for hydroxylation is 1. The average Bonchev–Trinajstić information content (AvgIpc) is 3.06. The molecule has 6 nitrogen and oxygen atoms in total. The molecule has 2 aromatic rings. The van der Waals surface area contributed by atoms with Gasteiger partial charge in [0.25, 0.3) is 5.91 Å². The van der Waals surface area contributed by atoms with Crippen LogP contribution < -0.4 is 4.90 Å². The summed E-state index contributed by atoms with van der Waals surface area (Å²) in [5, 5.41) is 3.13. The monoisotopic (exact) mass is 374 g/mol. The fourth-order valence-electron chi connectivity index (χ4n) is 3.35. The summed E-state index contributed by atoms with van der Waals surface area (Å²) in [7, 11) is 3.70. The molecule has 1 aliphatic heterocycles. The second-order valence-electron chi connectivity index (χ2n) is 6.83. The topological polar surface area (TPSA) is 58.6 Å². The van der Waals surface area contributed by atoms with Crippen LogP contribution in [-0.2, 0) is 11.3 Å². The van der Waals surface area contributed by atoms with E-state index in [1.54, 1.807) is 24.6 Å². The Labute approximate surface area is 158 Å². The van der Waals surface area contributed by atoms with Gasteiger partial charge in [0, 0.05) is 38.8 Å². The third-order valence-electron chi connectivity index (χ3n) is 4.66. The van der Waals surface area contributed by atoms with Gasteiger partial charge in [-0.1, -0.05) is 0 Å². The Morgan fingerprint density at radius 1 is 1.46 bits per heavy atom. The normalized spacial score (nSPS) is 17.3. The Hall–Kier alpha value is -1.99. The van der Waals surface area contributed by atoms with E-state index in [9.17, 15) is 4.79 Å². The first-order valence-corrected chi connectivity index (χ1v) is 9.81. The molecule has 0 aromatic carbocycles. The Kier molecular flexibility index (Phi) is 6.21. The number of hydrogen-bond acceptors (Lipinski definition) is 6. The maximum Gasteiger partial charge on any atom is 0.255 e. The van der Waals surface area contributed by atoms with E-state index in [1.807, 2.05) is 35.9 Å². The van der Waals surface area contributed by atoms with Crippen molar-refractivity contribution in [1.82, 2.24) is 14.9 Å². The van der Waals surface area contributed by atoms with Crippen LogP contribution in [0.4, 0.5) is 5.82 Å². The van der Waals surface area contributed by atoms with Crippen LogP contribution in [0.2, 0.25) is 0 Å². The van der Waals surface area contributed by atoms with Gasteiger partial charge in [0.2, 0.25) is 0 Å². The van der Waals surface area contributed by atoms with E-state index in [2.05, 4.69) is 15.3 Å². The lowest BCUT2D eigenvalue weighted by molar-refractivity contribution is 0.0570. The second-order valence-corrected chi connectivity index (χ2v) is 7.90. The van der Waals surface area contributed by atoms with Gasteiger partial charge in [-0.3, -0.25) is 4.79 Å². The van der Waals surface area contributed by atoms with Crippen LogP contribution >= 0.6 is 11.3 Å². The molecule has 26 heavy (non-hydrogen) atoms. The number of rotatable bonds is 6. The highest BCUT2D eigenvalue weighted by molar-refractivity contribution is 7.09. The van der Waals surface area contributed by atoms with Crippen molar-refractivity contribution in [2.75, 3.05) is 38.8 Å². The molecular weight excluding hydrogens is 348 g/mol. The van der Waals surface area contributed by atoms with Gasteiger partial charge in [-0.25, -0.2) is 9.97 Å². The number of thiazole rings is 1. The third-order valence-corrected chi connectivity index (χ3v) is 5.48. The molecule has 1 saturated heterocycles. The van der Waals surface area contributed by atoms with Crippen LogP contribution in [0.1, 0.15) is 33.9 Å². The first-order chi connectivity index (χ1) is 12.6. The smallest absolute Gasteiger partial charge is 0.255 e. The number of anilines is 1. The molecule has 1 aliphatic rings. The number of amides is 1. The molecule has 1 amide bonds. The predicted molar refractivity (Wildman–Crippen MR) is 104 cm³/mol. The number of hydrogen-bond donors (Lipinski definition) is 0. The van der Waals surface area contributed by atoms with Crippen molar-refractivity contribution in [3.05, 3.63) is 40.0 Å². The third kappa shape index (κ3) is 4.59. The quantitative estimate of drug-likeness (QED) is 0.778. The predicted octanol–water partition coefficient (Wildman–Crippen LogP) is 2.98. The van der Waals surface area contributed by atoms with E-state index in [4.69, 9.17) is 4.74 Å². The number of carbonyl (C=O) groups excluding carboxylic acids is 1. The Morgan fingerprint density at radius 3 is 2.96 bits per heavy atom. The average molecular weight is 375 g/mol. The highest BCUT2D eigenvalue weighted by Crippen LogP contribution is 2.20. The summed E-state index contributed by atoms with van der Waals surface area (Å²) in [5.74, 6) is 1.32. The molecule has 0 saturated carbocycles. The van der Waals surface area contributed by atoms with Gasteiger partial charge in [0.15, 0.2) is 0 Å². The number of carbonyl (C=O) groups is 1. The van der Waals surface area contributed by atoms with Crippen LogP contribution in [0.15, 0.2) is 23.7 Å². The van der Waals surface area contributed by atoms with Crippen molar-refractivity contribution in [2.24, 2.45) is 5.92 Å². The van der Waals surface area contributed by atoms with E-state index < -0.39 is 0 Å². The van der Waals surface area contributed by atoms with E-state index in [1.165, 1.54) is 0 Å². The number of ether oxygens (including phenoxy) is 1. The molecule has 0 N–H and O–H groups in total. The molecule has 140 valence electrons. The summed E-state index contributed by atoms with van der Waals surface area (Å²) < 4.78 is 5.25. The molecule has 0 bridgehead atoms. The zero-order valence-corrected chi connectivity index (χ0v) is 16.5. The number of likely N-dealkylation sites (tertiary alicyclic amines) is 1. The van der Waals surface area contributed by atoms with Crippen molar-refractivity contribution in [3.63, 3.8) is 0 Å². The summed E-state index contributed by atoms with van der Waals surface area (Å²) in [6.07, 6.45) is 3.83. The summed E-state index contributed by atoms with van der Waals surface area (Å²) in [4.78, 5) is 25.7. The Bertz CT molecular complexity index is 729. The fraction of sp³-hybridized carbons (Fsp3) is 0.526. The number of pyridine rings is 1. The van der Waals surface area contributed by atoms with Gasteiger partial charge in [-0.2, -0.15) is 0 Å². The van der Waals surface area contributed by atoms with Crippen LogP contribution in [0.3, 0.4) is 0 Å². The van der Waals surface area contributed by atoms with E-state index in [-0.39, 0.29) is 5.91 Å². The van der Waals surface area contributed by atoms with E-state index in [0.717, 1.165) is 42.5 Å².